The lowest BCUT2D eigenvalue weighted by Crippen LogP contribution is -2.54. The predicted octanol–water partition coefficient (Wildman–Crippen LogP) is 4.06. The number of ether oxygens (including phenoxy) is 2. The van der Waals surface area contributed by atoms with Gasteiger partial charge in [0.2, 0.25) is 0 Å². The van der Waals surface area contributed by atoms with Gasteiger partial charge in [-0.25, -0.2) is 14.5 Å². The number of rotatable bonds is 5. The molecule has 172 valence electrons. The topological polar surface area (TPSA) is 115 Å². The lowest BCUT2D eigenvalue weighted by molar-refractivity contribution is -0.122. The number of furan rings is 1. The molecule has 34 heavy (non-hydrogen) atoms. The monoisotopic (exact) mass is 480 g/mol. The highest BCUT2D eigenvalue weighted by atomic mass is 35.5. The molecular formula is C24H17ClN2O7. The number of halogens is 1. The molecule has 1 N–H and O–H groups in total. The summed E-state index contributed by atoms with van der Waals surface area (Å²) in [4.78, 5) is 50.7. The highest BCUT2D eigenvalue weighted by Gasteiger charge is 2.37. The minimum absolute atomic E-state index is 0.152. The summed E-state index contributed by atoms with van der Waals surface area (Å²) in [6.45, 7) is 0. The van der Waals surface area contributed by atoms with Gasteiger partial charge in [0.25, 0.3) is 11.8 Å². The number of methoxy groups -OCH3 is 2. The van der Waals surface area contributed by atoms with Crippen molar-refractivity contribution in [2.75, 3.05) is 19.1 Å². The Morgan fingerprint density at radius 1 is 1.06 bits per heavy atom. The molecule has 1 saturated heterocycles. The molecule has 1 aromatic heterocycles. The number of nitrogens with one attached hydrogen (secondary N) is 1. The van der Waals surface area contributed by atoms with Gasteiger partial charge < -0.3 is 13.9 Å². The second kappa shape index (κ2) is 9.24. The van der Waals surface area contributed by atoms with E-state index in [1.165, 1.54) is 44.6 Å². The predicted molar refractivity (Wildman–Crippen MR) is 122 cm³/mol. The molecule has 0 atom stereocenters. The summed E-state index contributed by atoms with van der Waals surface area (Å²) < 4.78 is 15.6. The fourth-order valence-electron chi connectivity index (χ4n) is 3.39. The first kappa shape index (κ1) is 22.8. The SMILES string of the molecule is COC(=O)c1ccccc1-c1ccc(/C=C2/C(=O)NC(=O)N(c3ccc(OC)c(Cl)c3)C2=O)o1. The lowest BCUT2D eigenvalue weighted by atomic mass is 10.1. The molecule has 9 nitrogen and oxygen atoms in total. The Bertz CT molecular complexity index is 1360. The second-order valence-corrected chi connectivity index (χ2v) is 7.42. The number of hydrogen-bond donors (Lipinski definition) is 1. The number of esters is 1. The highest BCUT2D eigenvalue weighted by molar-refractivity contribution is 6.39. The third kappa shape index (κ3) is 4.16. The Balaban J connectivity index is 1.69. The first-order valence-electron chi connectivity index (χ1n) is 9.86. The van der Waals surface area contributed by atoms with Crippen molar-refractivity contribution in [2.24, 2.45) is 0 Å². The zero-order chi connectivity index (χ0) is 24.4. The molecule has 0 unspecified atom stereocenters. The van der Waals surface area contributed by atoms with Crippen LogP contribution in [0.3, 0.4) is 0 Å². The van der Waals surface area contributed by atoms with E-state index in [2.05, 4.69) is 5.32 Å². The van der Waals surface area contributed by atoms with Crippen LogP contribution in [0.1, 0.15) is 16.1 Å². The molecule has 0 aliphatic carbocycles. The van der Waals surface area contributed by atoms with Crippen LogP contribution >= 0.6 is 11.6 Å². The molecule has 4 amide bonds. The number of barbiturate groups is 1. The number of nitrogens with zero attached hydrogens (tertiary/aromatic N) is 1. The van der Waals surface area contributed by atoms with Crippen LogP contribution in [0.5, 0.6) is 5.75 Å². The van der Waals surface area contributed by atoms with Gasteiger partial charge in [0.1, 0.15) is 22.8 Å². The van der Waals surface area contributed by atoms with Gasteiger partial charge in [0.05, 0.1) is 30.5 Å². The van der Waals surface area contributed by atoms with Crippen LogP contribution in [0.25, 0.3) is 17.4 Å². The normalized spacial score (nSPS) is 14.9. The van der Waals surface area contributed by atoms with Crippen LogP contribution in [0.4, 0.5) is 10.5 Å². The zero-order valence-electron chi connectivity index (χ0n) is 18.0. The molecule has 3 aromatic rings. The van der Waals surface area contributed by atoms with Crippen LogP contribution in [-0.2, 0) is 14.3 Å². The Morgan fingerprint density at radius 2 is 1.82 bits per heavy atom. The summed E-state index contributed by atoms with van der Waals surface area (Å²) in [6.07, 6.45) is 1.21. The maximum Gasteiger partial charge on any atom is 0.338 e. The molecule has 2 heterocycles. The summed E-state index contributed by atoms with van der Waals surface area (Å²) in [5, 5.41) is 2.31. The standard InChI is InChI=1S/C24H17ClN2O7/c1-32-20-9-7-13(11-18(20)25)27-22(29)17(21(28)26-24(27)31)12-14-8-10-19(34-14)15-5-3-4-6-16(15)23(30)33-2/h3-12H,1-2H3,(H,26,28,31)/b17-12-. The molecule has 0 radical (unpaired) electrons. The average Bonchev–Trinajstić information content (AvgIpc) is 3.30. The molecule has 10 heteroatoms. The van der Waals surface area contributed by atoms with Gasteiger partial charge in [-0.2, -0.15) is 0 Å². The van der Waals surface area contributed by atoms with E-state index in [4.69, 9.17) is 25.5 Å². The summed E-state index contributed by atoms with van der Waals surface area (Å²) in [7, 11) is 2.70. The number of hydrogen-bond acceptors (Lipinski definition) is 7. The summed E-state index contributed by atoms with van der Waals surface area (Å²) in [5.74, 6) is -1.43. The van der Waals surface area contributed by atoms with E-state index in [1.54, 1.807) is 30.3 Å². The van der Waals surface area contributed by atoms with Crippen molar-refractivity contribution >= 4 is 47.2 Å². The van der Waals surface area contributed by atoms with E-state index in [9.17, 15) is 19.2 Å². The molecule has 0 bridgehead atoms. The van der Waals surface area contributed by atoms with E-state index in [1.807, 2.05) is 0 Å². The van der Waals surface area contributed by atoms with Crippen LogP contribution in [-0.4, -0.2) is 38.0 Å². The van der Waals surface area contributed by atoms with Crippen LogP contribution in [0.15, 0.2) is 64.6 Å². The first-order chi connectivity index (χ1) is 16.3. The van der Waals surface area contributed by atoms with Crippen LogP contribution < -0.4 is 15.0 Å². The Morgan fingerprint density at radius 3 is 2.53 bits per heavy atom. The van der Waals surface area contributed by atoms with Crippen molar-refractivity contribution in [3.63, 3.8) is 0 Å². The fraction of sp³-hybridized carbons (Fsp3) is 0.0833. The van der Waals surface area contributed by atoms with E-state index >= 15 is 0 Å². The number of imide groups is 2. The summed E-state index contributed by atoms with van der Waals surface area (Å²) in [5.41, 5.74) is 0.592. The third-order valence-electron chi connectivity index (χ3n) is 5.01. The van der Waals surface area contributed by atoms with Gasteiger partial charge in [-0.05, 0) is 42.5 Å². The van der Waals surface area contributed by atoms with E-state index in [-0.39, 0.29) is 27.6 Å². The summed E-state index contributed by atoms with van der Waals surface area (Å²) >= 11 is 6.12. The van der Waals surface area contributed by atoms with Gasteiger partial charge in [0.15, 0.2) is 0 Å². The molecular weight excluding hydrogens is 464 g/mol. The Labute approximate surface area is 198 Å². The van der Waals surface area contributed by atoms with Gasteiger partial charge in [-0.1, -0.05) is 29.8 Å². The van der Waals surface area contributed by atoms with E-state index in [0.29, 0.717) is 17.1 Å². The molecule has 1 aliphatic rings. The minimum atomic E-state index is -0.916. The molecule has 2 aromatic carbocycles. The van der Waals surface area contributed by atoms with Gasteiger partial charge in [0, 0.05) is 5.56 Å². The summed E-state index contributed by atoms with van der Waals surface area (Å²) in [6, 6.07) is 13.2. The number of anilines is 1. The molecule has 1 fully saturated rings. The van der Waals surface area contributed by atoms with Gasteiger partial charge >= 0.3 is 12.0 Å². The largest absolute Gasteiger partial charge is 0.495 e. The number of urea groups is 1. The molecule has 0 saturated carbocycles. The third-order valence-corrected chi connectivity index (χ3v) is 5.30. The molecule has 4 rings (SSSR count). The number of carbonyl (C=O) groups is 4. The fourth-order valence-corrected chi connectivity index (χ4v) is 3.64. The van der Waals surface area contributed by atoms with Gasteiger partial charge in [-0.15, -0.1) is 0 Å². The Kier molecular flexibility index (Phi) is 6.20. The first-order valence-corrected chi connectivity index (χ1v) is 10.2. The quantitative estimate of drug-likeness (QED) is 0.332. The second-order valence-electron chi connectivity index (χ2n) is 7.02. The van der Waals surface area contributed by atoms with Crippen molar-refractivity contribution in [3.8, 4) is 17.1 Å². The van der Waals surface area contributed by atoms with Crippen molar-refractivity contribution in [2.45, 2.75) is 0 Å². The lowest BCUT2D eigenvalue weighted by Gasteiger charge is -2.26. The number of benzene rings is 2. The van der Waals surface area contributed by atoms with E-state index < -0.39 is 23.8 Å². The Hall–Kier alpha value is -4.37. The smallest absolute Gasteiger partial charge is 0.338 e. The molecule has 0 spiro atoms. The van der Waals surface area contributed by atoms with Crippen molar-refractivity contribution in [1.82, 2.24) is 5.32 Å². The number of amides is 4. The van der Waals surface area contributed by atoms with Crippen LogP contribution in [0, 0.1) is 0 Å². The van der Waals surface area contributed by atoms with Crippen molar-refractivity contribution < 1.29 is 33.1 Å². The maximum absolute atomic E-state index is 13.1. The average molecular weight is 481 g/mol. The van der Waals surface area contributed by atoms with Gasteiger partial charge in [-0.3, -0.25) is 14.9 Å². The molecule has 1 aliphatic heterocycles. The van der Waals surface area contributed by atoms with E-state index in [0.717, 1.165) is 4.90 Å². The maximum atomic E-state index is 13.1. The van der Waals surface area contributed by atoms with Crippen LogP contribution in [0.2, 0.25) is 5.02 Å². The van der Waals surface area contributed by atoms with Crippen molar-refractivity contribution in [3.05, 3.63) is 76.5 Å². The zero-order valence-corrected chi connectivity index (χ0v) is 18.7. The number of carbonyl (C=O) groups excluding carboxylic acids is 4. The van der Waals surface area contributed by atoms with Crippen molar-refractivity contribution in [1.29, 1.82) is 0 Å². The minimum Gasteiger partial charge on any atom is -0.495 e. The highest BCUT2D eigenvalue weighted by Crippen LogP contribution is 2.32.